The van der Waals surface area contributed by atoms with Gasteiger partial charge in [-0.2, -0.15) is 0 Å². The molecular formula is C48H46N2. The van der Waals surface area contributed by atoms with E-state index in [1.54, 1.807) is 0 Å². The molecule has 0 saturated carbocycles. The van der Waals surface area contributed by atoms with Crippen molar-refractivity contribution in [1.82, 2.24) is 0 Å². The summed E-state index contributed by atoms with van der Waals surface area (Å²) in [4.78, 5) is 4.98. The van der Waals surface area contributed by atoms with Gasteiger partial charge in [0.25, 0.3) is 0 Å². The molecule has 0 bridgehead atoms. The molecule has 248 valence electrons. The van der Waals surface area contributed by atoms with Crippen LogP contribution in [0, 0.1) is 5.92 Å². The van der Waals surface area contributed by atoms with Crippen LogP contribution in [0.3, 0.4) is 0 Å². The second-order valence-electron chi connectivity index (χ2n) is 13.9. The zero-order chi connectivity index (χ0) is 33.7. The van der Waals surface area contributed by atoms with Crippen molar-refractivity contribution in [3.8, 4) is 0 Å². The number of allylic oxidation sites excluding steroid dienone is 19. The monoisotopic (exact) mass is 650 g/mol. The Labute approximate surface area is 298 Å². The number of rotatable bonds is 7. The first kappa shape index (κ1) is 31.9. The molecule has 1 heterocycles. The maximum absolute atomic E-state index is 2.51. The van der Waals surface area contributed by atoms with Crippen molar-refractivity contribution in [2.75, 3.05) is 16.3 Å². The van der Waals surface area contributed by atoms with Crippen LogP contribution in [-0.4, -0.2) is 6.54 Å². The molecule has 0 spiro atoms. The maximum Gasteiger partial charge on any atom is 0.0557 e. The largest absolute Gasteiger partial charge is 0.341 e. The van der Waals surface area contributed by atoms with Crippen LogP contribution in [0.4, 0.5) is 22.7 Å². The van der Waals surface area contributed by atoms with Crippen LogP contribution >= 0.6 is 0 Å². The first-order chi connectivity index (χ1) is 24.7. The maximum atomic E-state index is 2.51. The SMILES string of the molecule is C/C1=C\C=C/CN(C2=CC=CCC2)c2cccc(N(c3ccc(C4=CC=CC(C5=CCCC=C5)C4)cc3)c3ccc(C4C=CC=CC4)cc3)c21. The molecule has 0 amide bonds. The van der Waals surface area contributed by atoms with E-state index in [9.17, 15) is 0 Å². The highest BCUT2D eigenvalue weighted by atomic mass is 15.2. The van der Waals surface area contributed by atoms with Crippen LogP contribution in [-0.2, 0) is 0 Å². The van der Waals surface area contributed by atoms with E-state index in [0.717, 1.165) is 56.4 Å². The van der Waals surface area contributed by atoms with Gasteiger partial charge < -0.3 is 9.80 Å². The number of benzene rings is 3. The lowest BCUT2D eigenvalue weighted by atomic mass is 9.83. The van der Waals surface area contributed by atoms with E-state index >= 15 is 0 Å². The molecule has 5 aliphatic rings. The van der Waals surface area contributed by atoms with Gasteiger partial charge in [-0.25, -0.2) is 0 Å². The van der Waals surface area contributed by atoms with Gasteiger partial charge in [0.2, 0.25) is 0 Å². The molecule has 0 fully saturated rings. The molecule has 0 aromatic heterocycles. The van der Waals surface area contributed by atoms with Crippen molar-refractivity contribution in [3.63, 3.8) is 0 Å². The normalized spacial score (nSPS) is 22.8. The second-order valence-corrected chi connectivity index (χ2v) is 13.9. The predicted molar refractivity (Wildman–Crippen MR) is 215 cm³/mol. The smallest absolute Gasteiger partial charge is 0.0557 e. The summed E-state index contributed by atoms with van der Waals surface area (Å²) in [6, 6.07) is 25.4. The van der Waals surface area contributed by atoms with Crippen molar-refractivity contribution >= 4 is 33.9 Å². The van der Waals surface area contributed by atoms with Crippen LogP contribution in [0.15, 0.2) is 175 Å². The highest BCUT2D eigenvalue weighted by molar-refractivity contribution is 5.92. The van der Waals surface area contributed by atoms with Gasteiger partial charge in [-0.3, -0.25) is 0 Å². The summed E-state index contributed by atoms with van der Waals surface area (Å²) in [5.74, 6) is 0.865. The Morgan fingerprint density at radius 1 is 0.680 bits per heavy atom. The van der Waals surface area contributed by atoms with Crippen molar-refractivity contribution in [1.29, 1.82) is 0 Å². The summed E-state index contributed by atoms with van der Waals surface area (Å²) < 4.78 is 0. The lowest BCUT2D eigenvalue weighted by Crippen LogP contribution is -2.25. The summed E-state index contributed by atoms with van der Waals surface area (Å²) >= 11 is 0. The highest BCUT2D eigenvalue weighted by Gasteiger charge is 2.25. The van der Waals surface area contributed by atoms with Gasteiger partial charge in [0.15, 0.2) is 0 Å². The van der Waals surface area contributed by atoms with Gasteiger partial charge >= 0.3 is 0 Å². The first-order valence-corrected chi connectivity index (χ1v) is 18.4. The van der Waals surface area contributed by atoms with E-state index in [0.29, 0.717) is 11.8 Å². The second kappa shape index (κ2) is 14.6. The van der Waals surface area contributed by atoms with Crippen LogP contribution in [0.25, 0.3) is 11.1 Å². The van der Waals surface area contributed by atoms with Gasteiger partial charge in [0.1, 0.15) is 0 Å². The van der Waals surface area contributed by atoms with Gasteiger partial charge in [-0.15, -0.1) is 0 Å². The number of fused-ring (bicyclic) bond motifs is 1. The minimum absolute atomic E-state index is 0.420. The number of hydrogen-bond donors (Lipinski definition) is 0. The van der Waals surface area contributed by atoms with Crippen molar-refractivity contribution < 1.29 is 0 Å². The third kappa shape index (κ3) is 6.63. The predicted octanol–water partition coefficient (Wildman–Crippen LogP) is 13.0. The Balaban J connectivity index is 1.20. The Morgan fingerprint density at radius 3 is 2.26 bits per heavy atom. The number of hydrogen-bond acceptors (Lipinski definition) is 2. The molecule has 0 radical (unpaired) electrons. The van der Waals surface area contributed by atoms with Crippen LogP contribution in [0.5, 0.6) is 0 Å². The first-order valence-electron chi connectivity index (χ1n) is 18.4. The van der Waals surface area contributed by atoms with Gasteiger partial charge in [-0.05, 0) is 116 Å². The molecule has 2 heteroatoms. The fourth-order valence-electron chi connectivity index (χ4n) is 7.97. The third-order valence-corrected chi connectivity index (χ3v) is 10.6. The van der Waals surface area contributed by atoms with Gasteiger partial charge in [0.05, 0.1) is 11.4 Å². The zero-order valence-corrected chi connectivity index (χ0v) is 29.1. The molecule has 2 unspecified atom stereocenters. The van der Waals surface area contributed by atoms with E-state index in [1.165, 1.54) is 50.5 Å². The van der Waals surface area contributed by atoms with Crippen molar-refractivity contribution in [2.24, 2.45) is 5.92 Å². The lowest BCUT2D eigenvalue weighted by Gasteiger charge is -2.34. The molecule has 4 aliphatic carbocycles. The minimum atomic E-state index is 0.420. The van der Waals surface area contributed by atoms with Crippen molar-refractivity contribution in [3.05, 3.63) is 192 Å². The molecule has 2 nitrogen and oxygen atoms in total. The molecule has 8 rings (SSSR count). The topological polar surface area (TPSA) is 6.48 Å². The zero-order valence-electron chi connectivity index (χ0n) is 29.1. The minimum Gasteiger partial charge on any atom is -0.341 e. The molecule has 50 heavy (non-hydrogen) atoms. The number of anilines is 4. The Kier molecular flexibility index (Phi) is 9.34. The summed E-state index contributed by atoms with van der Waals surface area (Å²) in [6.07, 6.45) is 43.0. The Hall–Kier alpha value is -5.34. The average Bonchev–Trinajstić information content (AvgIpc) is 3.19. The number of nitrogens with zero attached hydrogens (tertiary/aromatic N) is 2. The fourth-order valence-corrected chi connectivity index (χ4v) is 7.97. The van der Waals surface area contributed by atoms with Crippen molar-refractivity contribution in [2.45, 2.75) is 51.4 Å². The van der Waals surface area contributed by atoms with E-state index in [2.05, 4.69) is 181 Å². The Bertz CT molecular complexity index is 2040. The summed E-state index contributed by atoms with van der Waals surface area (Å²) in [5.41, 5.74) is 14.2. The quantitative estimate of drug-likeness (QED) is 0.251. The standard InChI is InChI=1S/C48H46N2/c1-36-15-11-12-34-49(43-22-9-4-10-23-43)46-24-14-25-47(48(36)46)50(44-30-26-39(27-31-44)37-16-5-2-6-17-37)45-32-28-40(29-33-45)42-21-13-20-41(35-42)38-18-7-3-8-19-38/h2,4-7,9,11-16,18-22,24-33,37,41H,3,8,10,17,23,34-35H2,1H3/b12-11-,36-15+. The summed E-state index contributed by atoms with van der Waals surface area (Å²) in [7, 11) is 0. The van der Waals surface area contributed by atoms with Gasteiger partial charge in [-0.1, -0.05) is 121 Å². The fraction of sp³-hybridized carbons (Fsp3) is 0.208. The molecule has 0 N–H and O–H groups in total. The summed E-state index contributed by atoms with van der Waals surface area (Å²) in [5, 5.41) is 0. The molecular weight excluding hydrogens is 605 g/mol. The molecule has 1 aliphatic heterocycles. The molecule has 2 atom stereocenters. The van der Waals surface area contributed by atoms with Crippen LogP contribution in [0.1, 0.15) is 68.1 Å². The summed E-state index contributed by atoms with van der Waals surface area (Å²) in [6.45, 7) is 3.11. The van der Waals surface area contributed by atoms with Crippen LogP contribution in [0.2, 0.25) is 0 Å². The molecule has 3 aromatic carbocycles. The van der Waals surface area contributed by atoms with E-state index in [1.807, 2.05) is 0 Å². The molecule has 0 saturated heterocycles. The molecule has 3 aromatic rings. The van der Waals surface area contributed by atoms with Crippen LogP contribution < -0.4 is 9.80 Å². The average molecular weight is 651 g/mol. The highest BCUT2D eigenvalue weighted by Crippen LogP contribution is 2.45. The lowest BCUT2D eigenvalue weighted by molar-refractivity contribution is 0.782. The van der Waals surface area contributed by atoms with Gasteiger partial charge in [0, 0.05) is 41.0 Å². The van der Waals surface area contributed by atoms with E-state index in [-0.39, 0.29) is 0 Å². The van der Waals surface area contributed by atoms with E-state index < -0.39 is 0 Å². The Morgan fingerprint density at radius 2 is 1.50 bits per heavy atom. The third-order valence-electron chi connectivity index (χ3n) is 10.6. The van der Waals surface area contributed by atoms with E-state index in [4.69, 9.17) is 0 Å².